The van der Waals surface area contributed by atoms with Crippen LogP contribution in [0.15, 0.2) is 42.5 Å². The third-order valence-corrected chi connectivity index (χ3v) is 4.23. The Hall–Kier alpha value is -1.34. The van der Waals surface area contributed by atoms with Crippen molar-refractivity contribution in [3.63, 3.8) is 0 Å². The first-order chi connectivity index (χ1) is 8.84. The highest BCUT2D eigenvalue weighted by Crippen LogP contribution is 2.29. The highest BCUT2D eigenvalue weighted by molar-refractivity contribution is 5.85. The van der Waals surface area contributed by atoms with Crippen molar-refractivity contribution in [3.05, 3.63) is 48.0 Å². The molecule has 3 rings (SSSR count). The van der Waals surface area contributed by atoms with Crippen LogP contribution in [0.1, 0.15) is 31.2 Å². The minimum atomic E-state index is -0.0993. The second kappa shape index (κ2) is 5.11. The van der Waals surface area contributed by atoms with Crippen molar-refractivity contribution in [2.45, 2.75) is 38.2 Å². The van der Waals surface area contributed by atoms with Crippen LogP contribution in [0.4, 0.5) is 0 Å². The molecule has 18 heavy (non-hydrogen) atoms. The zero-order valence-corrected chi connectivity index (χ0v) is 10.7. The van der Waals surface area contributed by atoms with Gasteiger partial charge in [-0.05, 0) is 41.5 Å². The molecule has 1 aliphatic carbocycles. The van der Waals surface area contributed by atoms with Crippen LogP contribution in [0.25, 0.3) is 10.8 Å². The van der Waals surface area contributed by atoms with Gasteiger partial charge in [0.25, 0.3) is 0 Å². The van der Waals surface area contributed by atoms with E-state index in [4.69, 9.17) is 0 Å². The van der Waals surface area contributed by atoms with Gasteiger partial charge in [0.1, 0.15) is 0 Å². The van der Waals surface area contributed by atoms with Gasteiger partial charge in [-0.1, -0.05) is 55.3 Å². The second-order valence-corrected chi connectivity index (χ2v) is 5.45. The van der Waals surface area contributed by atoms with Gasteiger partial charge < -0.3 is 5.11 Å². The number of benzene rings is 2. The molecule has 0 radical (unpaired) electrons. The SMILES string of the molecule is OC1CCCCC1Cc1cccc2ccccc12. The molecule has 1 nitrogen and oxygen atoms in total. The van der Waals surface area contributed by atoms with Gasteiger partial charge in [0.2, 0.25) is 0 Å². The van der Waals surface area contributed by atoms with Crippen LogP contribution < -0.4 is 0 Å². The van der Waals surface area contributed by atoms with Crippen LogP contribution >= 0.6 is 0 Å². The lowest BCUT2D eigenvalue weighted by molar-refractivity contribution is 0.0702. The second-order valence-electron chi connectivity index (χ2n) is 5.45. The summed E-state index contributed by atoms with van der Waals surface area (Å²) in [6.45, 7) is 0. The average molecular weight is 240 g/mol. The third-order valence-electron chi connectivity index (χ3n) is 4.23. The first-order valence-electron chi connectivity index (χ1n) is 6.99. The molecule has 2 unspecified atom stereocenters. The van der Waals surface area contributed by atoms with Crippen LogP contribution in [0, 0.1) is 5.92 Å². The van der Waals surface area contributed by atoms with Crippen LogP contribution in [-0.2, 0) is 6.42 Å². The van der Waals surface area contributed by atoms with Crippen LogP contribution in [0.2, 0.25) is 0 Å². The first-order valence-corrected chi connectivity index (χ1v) is 6.99. The number of aliphatic hydroxyl groups is 1. The molecule has 0 heterocycles. The smallest absolute Gasteiger partial charge is 0.0571 e. The van der Waals surface area contributed by atoms with Crippen LogP contribution in [0.5, 0.6) is 0 Å². The Bertz CT molecular complexity index is 527. The Balaban J connectivity index is 1.90. The fourth-order valence-electron chi connectivity index (χ4n) is 3.18. The summed E-state index contributed by atoms with van der Waals surface area (Å²) in [6, 6.07) is 15.0. The van der Waals surface area contributed by atoms with E-state index in [1.165, 1.54) is 35.6 Å². The van der Waals surface area contributed by atoms with E-state index in [0.717, 1.165) is 12.8 Å². The molecule has 2 aromatic rings. The van der Waals surface area contributed by atoms with E-state index in [1.807, 2.05) is 0 Å². The van der Waals surface area contributed by atoms with Crippen molar-refractivity contribution in [2.75, 3.05) is 0 Å². The van der Waals surface area contributed by atoms with Crippen molar-refractivity contribution < 1.29 is 5.11 Å². The van der Waals surface area contributed by atoms with Crippen LogP contribution in [-0.4, -0.2) is 11.2 Å². The molecule has 0 aliphatic heterocycles. The zero-order valence-electron chi connectivity index (χ0n) is 10.7. The van der Waals surface area contributed by atoms with Gasteiger partial charge in [-0.25, -0.2) is 0 Å². The van der Waals surface area contributed by atoms with Gasteiger partial charge in [0.05, 0.1) is 6.10 Å². The predicted molar refractivity (Wildman–Crippen MR) is 75.6 cm³/mol. The molecule has 1 N–H and O–H groups in total. The fourth-order valence-corrected chi connectivity index (χ4v) is 3.18. The van der Waals surface area contributed by atoms with Crippen molar-refractivity contribution in [1.82, 2.24) is 0 Å². The lowest BCUT2D eigenvalue weighted by Gasteiger charge is -2.28. The molecule has 0 amide bonds. The minimum Gasteiger partial charge on any atom is -0.393 e. The number of hydrogen-bond acceptors (Lipinski definition) is 1. The lowest BCUT2D eigenvalue weighted by Crippen LogP contribution is -2.26. The van der Waals surface area contributed by atoms with E-state index in [1.54, 1.807) is 0 Å². The van der Waals surface area contributed by atoms with Crippen molar-refractivity contribution in [2.24, 2.45) is 5.92 Å². The molecule has 0 spiro atoms. The maximum absolute atomic E-state index is 10.1. The number of hydrogen-bond donors (Lipinski definition) is 1. The molecule has 1 heteroatoms. The molecule has 94 valence electrons. The Kier molecular flexibility index (Phi) is 3.33. The average Bonchev–Trinajstić information content (AvgIpc) is 2.42. The van der Waals surface area contributed by atoms with Crippen molar-refractivity contribution >= 4 is 10.8 Å². The zero-order chi connectivity index (χ0) is 12.4. The molecule has 0 bridgehead atoms. The molecule has 1 aliphatic rings. The highest BCUT2D eigenvalue weighted by atomic mass is 16.3. The summed E-state index contributed by atoms with van der Waals surface area (Å²) in [5, 5.41) is 12.8. The molecule has 1 saturated carbocycles. The van der Waals surface area contributed by atoms with E-state index in [-0.39, 0.29) is 6.10 Å². The summed E-state index contributed by atoms with van der Waals surface area (Å²) >= 11 is 0. The normalized spacial score (nSPS) is 24.3. The Labute approximate surface area is 108 Å². The Morgan fingerprint density at radius 1 is 0.944 bits per heavy atom. The van der Waals surface area contributed by atoms with E-state index in [9.17, 15) is 5.11 Å². The van der Waals surface area contributed by atoms with E-state index < -0.39 is 0 Å². The Morgan fingerprint density at radius 2 is 1.72 bits per heavy atom. The summed E-state index contributed by atoms with van der Waals surface area (Å²) in [7, 11) is 0. The number of rotatable bonds is 2. The molecular weight excluding hydrogens is 220 g/mol. The predicted octanol–water partition coefficient (Wildman–Crippen LogP) is 3.93. The standard InChI is InChI=1S/C17H20O/c18-17-11-4-2-7-15(17)12-14-9-5-8-13-6-1-3-10-16(13)14/h1,3,5-6,8-10,15,17-18H,2,4,7,11-12H2. The lowest BCUT2D eigenvalue weighted by atomic mass is 9.81. The molecule has 2 aromatic carbocycles. The van der Waals surface area contributed by atoms with E-state index in [2.05, 4.69) is 42.5 Å². The third kappa shape index (κ3) is 2.28. The topological polar surface area (TPSA) is 20.2 Å². The monoisotopic (exact) mass is 240 g/mol. The van der Waals surface area contributed by atoms with Gasteiger partial charge in [0, 0.05) is 0 Å². The fraction of sp³-hybridized carbons (Fsp3) is 0.412. The van der Waals surface area contributed by atoms with Gasteiger partial charge in [0.15, 0.2) is 0 Å². The molecular formula is C17H20O. The van der Waals surface area contributed by atoms with Crippen LogP contribution in [0.3, 0.4) is 0 Å². The molecule has 0 aromatic heterocycles. The first kappa shape index (κ1) is 11.7. The minimum absolute atomic E-state index is 0.0993. The summed E-state index contributed by atoms with van der Waals surface area (Å²) in [5.41, 5.74) is 1.39. The van der Waals surface area contributed by atoms with Gasteiger partial charge in [-0.15, -0.1) is 0 Å². The molecule has 0 saturated heterocycles. The van der Waals surface area contributed by atoms with Gasteiger partial charge >= 0.3 is 0 Å². The van der Waals surface area contributed by atoms with Crippen molar-refractivity contribution in [1.29, 1.82) is 0 Å². The summed E-state index contributed by atoms with van der Waals surface area (Å²) in [6.07, 6.45) is 5.53. The molecule has 1 fully saturated rings. The maximum Gasteiger partial charge on any atom is 0.0571 e. The summed E-state index contributed by atoms with van der Waals surface area (Å²) in [5.74, 6) is 0.449. The van der Waals surface area contributed by atoms with E-state index >= 15 is 0 Å². The summed E-state index contributed by atoms with van der Waals surface area (Å²) in [4.78, 5) is 0. The Morgan fingerprint density at radius 3 is 2.61 bits per heavy atom. The van der Waals surface area contributed by atoms with E-state index in [0.29, 0.717) is 5.92 Å². The number of aliphatic hydroxyl groups excluding tert-OH is 1. The maximum atomic E-state index is 10.1. The quantitative estimate of drug-likeness (QED) is 0.843. The van der Waals surface area contributed by atoms with Gasteiger partial charge in [-0.3, -0.25) is 0 Å². The van der Waals surface area contributed by atoms with Crippen molar-refractivity contribution in [3.8, 4) is 0 Å². The largest absolute Gasteiger partial charge is 0.393 e. The number of fused-ring (bicyclic) bond motifs is 1. The highest BCUT2D eigenvalue weighted by Gasteiger charge is 2.23. The summed E-state index contributed by atoms with van der Waals surface area (Å²) < 4.78 is 0. The molecule has 2 atom stereocenters. The van der Waals surface area contributed by atoms with Gasteiger partial charge in [-0.2, -0.15) is 0 Å².